The fraction of sp³-hybridized carbons (Fsp3) is 0.333. The van der Waals surface area contributed by atoms with Gasteiger partial charge in [-0.2, -0.15) is 0 Å². The first kappa shape index (κ1) is 20.8. The second-order valence-electron chi connectivity index (χ2n) is 8.31. The average molecular weight is 447 g/mol. The van der Waals surface area contributed by atoms with E-state index in [1.807, 2.05) is 19.1 Å². The Morgan fingerprint density at radius 2 is 1.72 bits per heavy atom. The topological polar surface area (TPSA) is 68.3 Å². The number of piperidine rings is 1. The van der Waals surface area contributed by atoms with Crippen molar-refractivity contribution in [3.8, 4) is 5.69 Å². The zero-order valence-electron chi connectivity index (χ0n) is 18.4. The van der Waals surface area contributed by atoms with Crippen LogP contribution in [0.1, 0.15) is 36.1 Å². The van der Waals surface area contributed by atoms with Gasteiger partial charge in [-0.15, -0.1) is 10.2 Å². The van der Waals surface area contributed by atoms with E-state index >= 15 is 0 Å². The first-order chi connectivity index (χ1) is 15.6. The highest BCUT2D eigenvalue weighted by Crippen LogP contribution is 2.30. The van der Waals surface area contributed by atoms with Crippen molar-refractivity contribution in [2.45, 2.75) is 44.0 Å². The van der Waals surface area contributed by atoms with E-state index in [0.717, 1.165) is 41.1 Å². The van der Waals surface area contributed by atoms with E-state index in [0.29, 0.717) is 11.4 Å². The SMILES string of the molecule is Cc1ccc(-n2c(SCc3cc(=O)n4ccc(C)cc4n3)nnc2N2CCCCC2)cc1. The molecule has 0 saturated carbocycles. The number of benzene rings is 1. The van der Waals surface area contributed by atoms with E-state index < -0.39 is 0 Å². The molecule has 4 aromatic rings. The molecule has 5 rings (SSSR count). The van der Waals surface area contributed by atoms with Crippen LogP contribution in [0.2, 0.25) is 0 Å². The highest BCUT2D eigenvalue weighted by Gasteiger charge is 2.21. The maximum absolute atomic E-state index is 12.5. The molecule has 0 spiro atoms. The van der Waals surface area contributed by atoms with E-state index in [9.17, 15) is 4.79 Å². The highest BCUT2D eigenvalue weighted by atomic mass is 32.2. The fourth-order valence-electron chi connectivity index (χ4n) is 4.04. The lowest BCUT2D eigenvalue weighted by atomic mass is 10.1. The molecule has 0 N–H and O–H groups in total. The summed E-state index contributed by atoms with van der Waals surface area (Å²) in [6, 6.07) is 13.9. The van der Waals surface area contributed by atoms with E-state index in [4.69, 9.17) is 4.98 Å². The molecule has 0 radical (unpaired) electrons. The number of pyridine rings is 1. The number of thioether (sulfide) groups is 1. The molecule has 1 aromatic carbocycles. The number of rotatable bonds is 5. The van der Waals surface area contributed by atoms with Crippen LogP contribution < -0.4 is 10.5 Å². The van der Waals surface area contributed by atoms with Crippen molar-refractivity contribution < 1.29 is 0 Å². The van der Waals surface area contributed by atoms with Gasteiger partial charge in [-0.1, -0.05) is 29.5 Å². The number of aryl methyl sites for hydroxylation is 2. The lowest BCUT2D eigenvalue weighted by molar-refractivity contribution is 0.564. The number of aromatic nitrogens is 5. The van der Waals surface area contributed by atoms with Gasteiger partial charge in [-0.05, 0) is 62.9 Å². The Morgan fingerprint density at radius 1 is 0.938 bits per heavy atom. The van der Waals surface area contributed by atoms with Crippen molar-refractivity contribution in [1.29, 1.82) is 0 Å². The number of fused-ring (bicyclic) bond motifs is 1. The zero-order chi connectivity index (χ0) is 22.1. The minimum absolute atomic E-state index is 0.0698. The van der Waals surface area contributed by atoms with Crippen LogP contribution in [0.15, 0.2) is 58.6 Å². The summed E-state index contributed by atoms with van der Waals surface area (Å²) in [6.07, 6.45) is 5.39. The van der Waals surface area contributed by atoms with Crippen LogP contribution in [0.5, 0.6) is 0 Å². The predicted molar refractivity (Wildman–Crippen MR) is 128 cm³/mol. The Bertz CT molecular complexity index is 1300. The van der Waals surface area contributed by atoms with Crippen molar-refractivity contribution in [2.75, 3.05) is 18.0 Å². The molecule has 4 heterocycles. The van der Waals surface area contributed by atoms with Crippen molar-refractivity contribution in [1.82, 2.24) is 24.1 Å². The maximum atomic E-state index is 12.5. The molecular formula is C24H26N6OS. The molecule has 7 nitrogen and oxygen atoms in total. The summed E-state index contributed by atoms with van der Waals surface area (Å²) in [5.41, 5.74) is 4.68. The van der Waals surface area contributed by atoms with Gasteiger partial charge in [0.25, 0.3) is 5.56 Å². The maximum Gasteiger partial charge on any atom is 0.258 e. The Kier molecular flexibility index (Phi) is 5.70. The lowest BCUT2D eigenvalue weighted by Gasteiger charge is -2.27. The Labute approximate surface area is 191 Å². The van der Waals surface area contributed by atoms with Gasteiger partial charge in [0.05, 0.1) is 11.4 Å². The lowest BCUT2D eigenvalue weighted by Crippen LogP contribution is -2.31. The third-order valence-corrected chi connectivity index (χ3v) is 6.73. The van der Waals surface area contributed by atoms with E-state index in [1.54, 1.807) is 28.4 Å². The molecule has 32 heavy (non-hydrogen) atoms. The summed E-state index contributed by atoms with van der Waals surface area (Å²) in [5, 5.41) is 9.90. The summed E-state index contributed by atoms with van der Waals surface area (Å²) < 4.78 is 3.71. The second-order valence-corrected chi connectivity index (χ2v) is 9.25. The first-order valence-electron chi connectivity index (χ1n) is 11.0. The number of nitrogens with zero attached hydrogens (tertiary/aromatic N) is 6. The fourth-order valence-corrected chi connectivity index (χ4v) is 4.88. The quantitative estimate of drug-likeness (QED) is 0.429. The molecule has 3 aromatic heterocycles. The molecule has 8 heteroatoms. The van der Waals surface area contributed by atoms with Crippen LogP contribution in [0.25, 0.3) is 11.3 Å². The molecule has 0 amide bonds. The molecule has 0 unspecified atom stereocenters. The van der Waals surface area contributed by atoms with E-state index in [-0.39, 0.29) is 5.56 Å². The second kappa shape index (κ2) is 8.78. The summed E-state index contributed by atoms with van der Waals surface area (Å²) in [4.78, 5) is 19.5. The monoisotopic (exact) mass is 446 g/mol. The van der Waals surface area contributed by atoms with Crippen molar-refractivity contribution in [3.05, 3.63) is 75.8 Å². The molecule has 1 aliphatic rings. The van der Waals surface area contributed by atoms with Crippen LogP contribution in [-0.4, -0.2) is 37.2 Å². The molecule has 1 fully saturated rings. The third-order valence-electron chi connectivity index (χ3n) is 5.77. The smallest absolute Gasteiger partial charge is 0.258 e. The van der Waals surface area contributed by atoms with Gasteiger partial charge >= 0.3 is 0 Å². The van der Waals surface area contributed by atoms with Gasteiger partial charge in [0.15, 0.2) is 5.16 Å². The first-order valence-corrected chi connectivity index (χ1v) is 12.0. The standard InChI is InChI=1S/C24H26N6OS/c1-17-6-8-20(9-7-17)30-23(28-11-4-3-5-12-28)26-27-24(30)32-16-19-15-22(31)29-13-10-18(2)14-21(29)25-19/h6-10,13-15H,3-5,11-12,16H2,1-2H3. The largest absolute Gasteiger partial charge is 0.341 e. The minimum atomic E-state index is -0.0698. The van der Waals surface area contributed by atoms with Crippen LogP contribution in [-0.2, 0) is 5.75 Å². The number of anilines is 1. The zero-order valence-corrected chi connectivity index (χ0v) is 19.2. The van der Waals surface area contributed by atoms with Crippen LogP contribution in [0.4, 0.5) is 5.95 Å². The number of hydrogen-bond donors (Lipinski definition) is 0. The van der Waals surface area contributed by atoms with Crippen molar-refractivity contribution in [3.63, 3.8) is 0 Å². The molecule has 0 atom stereocenters. The Balaban J connectivity index is 1.48. The summed E-state index contributed by atoms with van der Waals surface area (Å²) in [7, 11) is 0. The van der Waals surface area contributed by atoms with Gasteiger partial charge in [0.2, 0.25) is 5.95 Å². The highest BCUT2D eigenvalue weighted by molar-refractivity contribution is 7.98. The van der Waals surface area contributed by atoms with Crippen LogP contribution in [0.3, 0.4) is 0 Å². The molecule has 0 aliphatic carbocycles. The van der Waals surface area contributed by atoms with Crippen LogP contribution in [0, 0.1) is 13.8 Å². The molecule has 0 bridgehead atoms. The average Bonchev–Trinajstić information content (AvgIpc) is 3.22. The van der Waals surface area contributed by atoms with Gasteiger partial charge in [-0.3, -0.25) is 13.8 Å². The van der Waals surface area contributed by atoms with Gasteiger partial charge in [-0.25, -0.2) is 4.98 Å². The van der Waals surface area contributed by atoms with Gasteiger partial charge < -0.3 is 4.90 Å². The van der Waals surface area contributed by atoms with Crippen LogP contribution >= 0.6 is 11.8 Å². The Hall–Kier alpha value is -3.13. The van der Waals surface area contributed by atoms with E-state index in [2.05, 4.69) is 50.9 Å². The molecule has 1 aliphatic heterocycles. The van der Waals surface area contributed by atoms with Gasteiger partial charge in [0, 0.05) is 31.1 Å². The molecule has 1 saturated heterocycles. The summed E-state index contributed by atoms with van der Waals surface area (Å²) in [6.45, 7) is 6.08. The normalized spacial score (nSPS) is 14.2. The summed E-state index contributed by atoms with van der Waals surface area (Å²) >= 11 is 1.56. The Morgan fingerprint density at radius 3 is 2.50 bits per heavy atom. The molecular weight excluding hydrogens is 420 g/mol. The van der Waals surface area contributed by atoms with Crippen molar-refractivity contribution >= 4 is 23.4 Å². The minimum Gasteiger partial charge on any atom is -0.341 e. The van der Waals surface area contributed by atoms with E-state index in [1.165, 1.54) is 24.8 Å². The molecule has 164 valence electrons. The third kappa shape index (κ3) is 4.14. The summed E-state index contributed by atoms with van der Waals surface area (Å²) in [5.74, 6) is 1.43. The predicted octanol–water partition coefficient (Wildman–Crippen LogP) is 4.17. The van der Waals surface area contributed by atoms with Crippen molar-refractivity contribution in [2.24, 2.45) is 0 Å². The van der Waals surface area contributed by atoms with Gasteiger partial charge in [0.1, 0.15) is 5.65 Å². The number of hydrogen-bond acceptors (Lipinski definition) is 6.